The van der Waals surface area contributed by atoms with Gasteiger partial charge in [-0.05, 0) is 63.6 Å². The summed E-state index contributed by atoms with van der Waals surface area (Å²) in [7, 11) is 0. The Labute approximate surface area is 170 Å². The molecule has 4 rings (SSSR count). The number of aryl methyl sites for hydroxylation is 1. The zero-order valence-electron chi connectivity index (χ0n) is 17.4. The number of imidazole rings is 1. The molecule has 0 unspecified atom stereocenters. The number of carbonyl (C=O) groups is 1. The number of nitrogens with zero attached hydrogens (tertiary/aromatic N) is 3. The number of hydrogen-bond donors (Lipinski definition) is 1. The molecule has 0 aliphatic carbocycles. The van der Waals surface area contributed by atoms with E-state index < -0.39 is 5.82 Å². The van der Waals surface area contributed by atoms with Crippen LogP contribution in [0.4, 0.5) is 4.39 Å². The van der Waals surface area contributed by atoms with Gasteiger partial charge in [-0.25, -0.2) is 9.37 Å². The number of carbonyl (C=O) groups excluding carboxylic acids is 1. The molecule has 1 aromatic carbocycles. The fourth-order valence-corrected chi connectivity index (χ4v) is 4.02. The predicted molar refractivity (Wildman–Crippen MR) is 113 cm³/mol. The monoisotopic (exact) mass is 394 g/mol. The average Bonchev–Trinajstić information content (AvgIpc) is 3.01. The van der Waals surface area contributed by atoms with E-state index in [2.05, 4.69) is 22.4 Å². The van der Waals surface area contributed by atoms with Gasteiger partial charge >= 0.3 is 0 Å². The molecule has 1 amide bonds. The lowest BCUT2D eigenvalue weighted by Gasteiger charge is -2.29. The van der Waals surface area contributed by atoms with Crippen molar-refractivity contribution in [2.24, 2.45) is 0 Å². The van der Waals surface area contributed by atoms with Crippen molar-refractivity contribution >= 4 is 11.4 Å². The molecule has 29 heavy (non-hydrogen) atoms. The third-order valence-corrected chi connectivity index (χ3v) is 5.83. The van der Waals surface area contributed by atoms with Crippen LogP contribution in [0.3, 0.4) is 0 Å². The second kappa shape index (κ2) is 7.59. The molecule has 0 bridgehead atoms. The molecule has 0 radical (unpaired) electrons. The van der Waals surface area contributed by atoms with Gasteiger partial charge in [-0.3, -0.25) is 9.20 Å². The normalized spacial score (nSPS) is 14.4. The number of amides is 1. The van der Waals surface area contributed by atoms with Gasteiger partial charge in [-0.1, -0.05) is 0 Å². The van der Waals surface area contributed by atoms with Crippen LogP contribution < -0.4 is 5.32 Å². The second-order valence-electron chi connectivity index (χ2n) is 7.99. The third-order valence-electron chi connectivity index (χ3n) is 5.83. The summed E-state index contributed by atoms with van der Waals surface area (Å²) in [5, 5.41) is 3.31. The summed E-state index contributed by atoms with van der Waals surface area (Å²) in [4.78, 5) is 19.5. The molecule has 1 saturated heterocycles. The highest BCUT2D eigenvalue weighted by Gasteiger charge is 2.25. The van der Waals surface area contributed by atoms with Crippen LogP contribution in [0.5, 0.6) is 0 Å². The van der Waals surface area contributed by atoms with Gasteiger partial charge in [0.15, 0.2) is 0 Å². The molecule has 3 aromatic rings. The third kappa shape index (κ3) is 3.42. The van der Waals surface area contributed by atoms with Gasteiger partial charge < -0.3 is 10.2 Å². The summed E-state index contributed by atoms with van der Waals surface area (Å²) in [6.45, 7) is 10.3. The molecule has 0 spiro atoms. The SMILES string of the molecule is CCN(C(=O)c1cc(F)ccc1-c1cc(C2CNC2)cc2c(C)ncn12)C(C)C. The molecule has 3 heterocycles. The maximum absolute atomic E-state index is 14.2. The van der Waals surface area contributed by atoms with E-state index in [1.165, 1.54) is 17.7 Å². The largest absolute Gasteiger partial charge is 0.336 e. The Kier molecular flexibility index (Phi) is 5.13. The van der Waals surface area contributed by atoms with Crippen molar-refractivity contribution in [1.29, 1.82) is 0 Å². The van der Waals surface area contributed by atoms with Gasteiger partial charge in [0.05, 0.1) is 28.8 Å². The van der Waals surface area contributed by atoms with Gasteiger partial charge in [0, 0.05) is 37.2 Å². The molecule has 0 saturated carbocycles. The molecular weight excluding hydrogens is 367 g/mol. The van der Waals surface area contributed by atoms with Crippen molar-refractivity contribution in [2.75, 3.05) is 19.6 Å². The fourth-order valence-electron chi connectivity index (χ4n) is 4.02. The van der Waals surface area contributed by atoms with E-state index in [4.69, 9.17) is 0 Å². The summed E-state index contributed by atoms with van der Waals surface area (Å²) in [5.74, 6) is -0.123. The minimum Gasteiger partial charge on any atom is -0.336 e. The summed E-state index contributed by atoms with van der Waals surface area (Å²) in [6.07, 6.45) is 1.78. The fraction of sp³-hybridized carbons (Fsp3) is 0.391. The molecule has 1 fully saturated rings. The van der Waals surface area contributed by atoms with Crippen LogP contribution in [0.2, 0.25) is 0 Å². The second-order valence-corrected chi connectivity index (χ2v) is 7.99. The molecule has 5 nitrogen and oxygen atoms in total. The maximum atomic E-state index is 14.2. The lowest BCUT2D eigenvalue weighted by atomic mass is 9.91. The Balaban J connectivity index is 1.93. The lowest BCUT2D eigenvalue weighted by molar-refractivity contribution is 0.0717. The Morgan fingerprint density at radius 3 is 2.69 bits per heavy atom. The smallest absolute Gasteiger partial charge is 0.254 e. The average molecular weight is 394 g/mol. The molecule has 1 aliphatic heterocycles. The Morgan fingerprint density at radius 1 is 1.31 bits per heavy atom. The van der Waals surface area contributed by atoms with Crippen LogP contribution in [0, 0.1) is 12.7 Å². The molecule has 152 valence electrons. The first kappa shape index (κ1) is 19.6. The van der Waals surface area contributed by atoms with E-state index in [-0.39, 0.29) is 11.9 Å². The predicted octanol–water partition coefficient (Wildman–Crippen LogP) is 4.01. The highest BCUT2D eigenvalue weighted by molar-refractivity contribution is 6.01. The summed E-state index contributed by atoms with van der Waals surface area (Å²) >= 11 is 0. The quantitative estimate of drug-likeness (QED) is 0.711. The highest BCUT2D eigenvalue weighted by Crippen LogP contribution is 2.32. The number of hydrogen-bond acceptors (Lipinski definition) is 3. The van der Waals surface area contributed by atoms with E-state index >= 15 is 0 Å². The Bertz CT molecular complexity index is 1070. The summed E-state index contributed by atoms with van der Waals surface area (Å²) < 4.78 is 16.2. The van der Waals surface area contributed by atoms with Crippen LogP contribution in [0.25, 0.3) is 16.8 Å². The van der Waals surface area contributed by atoms with E-state index in [0.29, 0.717) is 18.0 Å². The van der Waals surface area contributed by atoms with Gasteiger partial charge in [0.2, 0.25) is 0 Å². The number of aromatic nitrogens is 2. The van der Waals surface area contributed by atoms with Crippen molar-refractivity contribution in [3.63, 3.8) is 0 Å². The number of nitrogens with one attached hydrogen (secondary N) is 1. The van der Waals surface area contributed by atoms with Crippen LogP contribution in [-0.2, 0) is 0 Å². The van der Waals surface area contributed by atoms with E-state index in [1.807, 2.05) is 32.1 Å². The molecule has 1 N–H and O–H groups in total. The zero-order valence-corrected chi connectivity index (χ0v) is 17.4. The van der Waals surface area contributed by atoms with Crippen molar-refractivity contribution in [3.8, 4) is 11.3 Å². The number of halogens is 1. The maximum Gasteiger partial charge on any atom is 0.254 e. The number of benzene rings is 1. The van der Waals surface area contributed by atoms with E-state index in [9.17, 15) is 9.18 Å². The molecule has 1 aliphatic rings. The first-order valence-electron chi connectivity index (χ1n) is 10.2. The van der Waals surface area contributed by atoms with Crippen LogP contribution in [0.15, 0.2) is 36.7 Å². The Morgan fingerprint density at radius 2 is 2.07 bits per heavy atom. The summed E-state index contributed by atoms with van der Waals surface area (Å²) in [6, 6.07) is 8.82. The van der Waals surface area contributed by atoms with E-state index in [0.717, 1.165) is 35.6 Å². The van der Waals surface area contributed by atoms with Crippen molar-refractivity contribution in [3.05, 3.63) is 59.3 Å². The van der Waals surface area contributed by atoms with Crippen molar-refractivity contribution in [2.45, 2.75) is 39.7 Å². The Hall–Kier alpha value is -2.73. The van der Waals surface area contributed by atoms with Crippen LogP contribution in [-0.4, -0.2) is 45.9 Å². The van der Waals surface area contributed by atoms with Crippen LogP contribution >= 0.6 is 0 Å². The standard InChI is InChI=1S/C23H27FN4O/c1-5-27(14(2)3)23(29)20-10-18(24)6-7-19(20)22-9-16(17-11-25-12-17)8-21-15(4)26-13-28(21)22/h6-10,13-14,17,25H,5,11-12H2,1-4H3. The first-order chi connectivity index (χ1) is 13.9. The first-order valence-corrected chi connectivity index (χ1v) is 10.2. The van der Waals surface area contributed by atoms with E-state index in [1.54, 1.807) is 17.3 Å². The molecular formula is C23H27FN4O. The van der Waals surface area contributed by atoms with Gasteiger partial charge in [-0.15, -0.1) is 0 Å². The van der Waals surface area contributed by atoms with Gasteiger partial charge in [-0.2, -0.15) is 0 Å². The van der Waals surface area contributed by atoms with Crippen molar-refractivity contribution < 1.29 is 9.18 Å². The lowest BCUT2D eigenvalue weighted by Crippen LogP contribution is -2.39. The number of pyridine rings is 1. The highest BCUT2D eigenvalue weighted by atomic mass is 19.1. The van der Waals surface area contributed by atoms with Gasteiger partial charge in [0.1, 0.15) is 5.82 Å². The molecule has 6 heteroatoms. The molecule has 2 aromatic heterocycles. The molecule has 0 atom stereocenters. The topological polar surface area (TPSA) is 49.6 Å². The van der Waals surface area contributed by atoms with Crippen LogP contribution in [0.1, 0.15) is 48.3 Å². The summed E-state index contributed by atoms with van der Waals surface area (Å²) in [5.41, 5.74) is 5.15. The van der Waals surface area contributed by atoms with Gasteiger partial charge in [0.25, 0.3) is 5.91 Å². The minimum atomic E-state index is -0.408. The number of fused-ring (bicyclic) bond motifs is 1. The number of rotatable bonds is 5. The minimum absolute atomic E-state index is 0.0338. The zero-order chi connectivity index (χ0) is 20.7. The van der Waals surface area contributed by atoms with Crippen molar-refractivity contribution in [1.82, 2.24) is 19.6 Å².